The fraction of sp³-hybridized carbons (Fsp3) is 0.286. The maximum Gasteiger partial charge on any atom is 0.227 e. The van der Waals surface area contributed by atoms with Gasteiger partial charge in [-0.25, -0.2) is 13.4 Å². The number of benzene rings is 1. The lowest BCUT2D eigenvalue weighted by atomic mass is 10.3. The highest BCUT2D eigenvalue weighted by molar-refractivity contribution is 7.90. The van der Waals surface area contributed by atoms with Gasteiger partial charge in [0.1, 0.15) is 17.4 Å². The Kier molecular flexibility index (Phi) is 4.13. The molecule has 1 heterocycles. The van der Waals surface area contributed by atoms with Gasteiger partial charge >= 0.3 is 0 Å². The lowest BCUT2D eigenvalue weighted by Gasteiger charge is -2.12. The fourth-order valence-corrected chi connectivity index (χ4v) is 2.48. The van der Waals surface area contributed by atoms with Gasteiger partial charge in [-0.3, -0.25) is 0 Å². The van der Waals surface area contributed by atoms with E-state index >= 15 is 0 Å². The molecule has 1 N–H and O–H groups in total. The first-order valence-corrected chi connectivity index (χ1v) is 8.21. The van der Waals surface area contributed by atoms with Crippen molar-refractivity contribution >= 4 is 15.7 Å². The number of sulfone groups is 1. The van der Waals surface area contributed by atoms with Crippen LogP contribution >= 0.6 is 0 Å². The number of anilines is 1. The number of hydrogen-bond donors (Lipinski definition) is 1. The van der Waals surface area contributed by atoms with Crippen LogP contribution < -0.4 is 10.1 Å². The molecule has 0 atom stereocenters. The van der Waals surface area contributed by atoms with Crippen molar-refractivity contribution in [2.24, 2.45) is 0 Å². The van der Waals surface area contributed by atoms with Crippen LogP contribution in [0.15, 0.2) is 29.2 Å². The van der Waals surface area contributed by atoms with Gasteiger partial charge in [-0.05, 0) is 32.0 Å². The van der Waals surface area contributed by atoms with Gasteiger partial charge < -0.3 is 10.1 Å². The van der Waals surface area contributed by atoms with Crippen molar-refractivity contribution in [1.82, 2.24) is 9.97 Å². The molecule has 1 aromatic heterocycles. The molecule has 0 fully saturated rings. The summed E-state index contributed by atoms with van der Waals surface area (Å²) < 4.78 is 28.8. The highest BCUT2D eigenvalue weighted by Crippen LogP contribution is 2.28. The maximum atomic E-state index is 11.6. The lowest BCUT2D eigenvalue weighted by molar-refractivity contribution is 0.454. The second kappa shape index (κ2) is 5.69. The first kappa shape index (κ1) is 15.2. The Morgan fingerprint density at radius 1 is 1.19 bits per heavy atom. The average Bonchev–Trinajstić information content (AvgIpc) is 2.42. The minimum Gasteiger partial charge on any atom is -0.439 e. The molecule has 1 aromatic carbocycles. The largest absolute Gasteiger partial charge is 0.439 e. The van der Waals surface area contributed by atoms with Crippen molar-refractivity contribution in [2.75, 3.05) is 18.6 Å². The van der Waals surface area contributed by atoms with E-state index in [9.17, 15) is 8.42 Å². The number of nitrogens with zero attached hydrogens (tertiary/aromatic N) is 2. The number of rotatable bonds is 4. The summed E-state index contributed by atoms with van der Waals surface area (Å²) in [7, 11) is -1.51. The topological polar surface area (TPSA) is 81.2 Å². The van der Waals surface area contributed by atoms with Gasteiger partial charge in [0.05, 0.1) is 10.5 Å². The fourth-order valence-electron chi connectivity index (χ4n) is 1.83. The third-order valence-corrected chi connectivity index (χ3v) is 4.01. The van der Waals surface area contributed by atoms with E-state index in [4.69, 9.17) is 4.74 Å². The van der Waals surface area contributed by atoms with Crippen LogP contribution in [-0.4, -0.2) is 31.7 Å². The lowest BCUT2D eigenvalue weighted by Crippen LogP contribution is -2.03. The normalized spacial score (nSPS) is 11.2. The van der Waals surface area contributed by atoms with E-state index in [2.05, 4.69) is 15.3 Å². The molecule has 0 radical (unpaired) electrons. The third-order valence-electron chi connectivity index (χ3n) is 2.90. The van der Waals surface area contributed by atoms with Crippen LogP contribution in [-0.2, 0) is 9.84 Å². The number of ether oxygens (including phenoxy) is 1. The van der Waals surface area contributed by atoms with E-state index in [0.29, 0.717) is 23.3 Å². The average molecular weight is 307 g/mol. The minimum atomic E-state index is -3.27. The summed E-state index contributed by atoms with van der Waals surface area (Å²) in [6.07, 6.45) is 1.16. The molecule has 0 aliphatic carbocycles. The molecule has 0 saturated heterocycles. The first-order chi connectivity index (χ1) is 9.81. The van der Waals surface area contributed by atoms with E-state index in [0.717, 1.165) is 11.8 Å². The molecule has 2 aromatic rings. The van der Waals surface area contributed by atoms with Crippen LogP contribution in [0.2, 0.25) is 0 Å². The van der Waals surface area contributed by atoms with E-state index in [-0.39, 0.29) is 4.90 Å². The standard InChI is InChI=1S/C14H17N3O3S/c1-9-13(15-3)16-10(2)17-14(9)20-11-6-5-7-12(8-11)21(4,18)19/h5-8H,1-4H3,(H,15,16,17). The number of nitrogens with one attached hydrogen (secondary N) is 1. The smallest absolute Gasteiger partial charge is 0.227 e. The molecular weight excluding hydrogens is 290 g/mol. The zero-order valence-corrected chi connectivity index (χ0v) is 13.2. The van der Waals surface area contributed by atoms with Crippen LogP contribution in [0.4, 0.5) is 5.82 Å². The molecule has 112 valence electrons. The van der Waals surface area contributed by atoms with Crippen LogP contribution in [0.3, 0.4) is 0 Å². The summed E-state index contributed by atoms with van der Waals surface area (Å²) in [6, 6.07) is 6.32. The summed E-state index contributed by atoms with van der Waals surface area (Å²) in [5.74, 6) is 2.06. The molecule has 2 rings (SSSR count). The first-order valence-electron chi connectivity index (χ1n) is 6.32. The van der Waals surface area contributed by atoms with E-state index in [1.54, 1.807) is 26.1 Å². The van der Waals surface area contributed by atoms with Crippen molar-refractivity contribution in [3.05, 3.63) is 35.7 Å². The zero-order chi connectivity index (χ0) is 15.6. The highest BCUT2D eigenvalue weighted by atomic mass is 32.2. The van der Waals surface area contributed by atoms with Gasteiger partial charge in [0.15, 0.2) is 9.84 Å². The molecule has 0 aliphatic rings. The predicted octanol–water partition coefficient (Wildman–Crippen LogP) is 2.33. The van der Waals surface area contributed by atoms with Crippen LogP contribution in [0.25, 0.3) is 0 Å². The quantitative estimate of drug-likeness (QED) is 0.933. The Balaban J connectivity index is 2.41. The van der Waals surface area contributed by atoms with Gasteiger partial charge in [0.25, 0.3) is 0 Å². The summed E-state index contributed by atoms with van der Waals surface area (Å²) in [4.78, 5) is 8.70. The summed E-state index contributed by atoms with van der Waals surface area (Å²) in [6.45, 7) is 3.60. The molecule has 21 heavy (non-hydrogen) atoms. The summed E-state index contributed by atoms with van der Waals surface area (Å²) in [5, 5.41) is 2.97. The molecule has 0 aliphatic heterocycles. The summed E-state index contributed by atoms with van der Waals surface area (Å²) >= 11 is 0. The zero-order valence-electron chi connectivity index (χ0n) is 12.3. The minimum absolute atomic E-state index is 0.206. The third kappa shape index (κ3) is 3.49. The second-order valence-electron chi connectivity index (χ2n) is 4.65. The van der Waals surface area contributed by atoms with Crippen LogP contribution in [0.1, 0.15) is 11.4 Å². The molecule has 7 heteroatoms. The van der Waals surface area contributed by atoms with Crippen molar-refractivity contribution in [2.45, 2.75) is 18.7 Å². The number of aromatic nitrogens is 2. The van der Waals surface area contributed by atoms with E-state index < -0.39 is 9.84 Å². The SMILES string of the molecule is CNc1nc(C)nc(Oc2cccc(S(C)(=O)=O)c2)c1C. The molecule has 0 unspecified atom stereocenters. The molecule has 0 spiro atoms. The van der Waals surface area contributed by atoms with Gasteiger partial charge in [0, 0.05) is 13.3 Å². The van der Waals surface area contributed by atoms with Crippen molar-refractivity contribution in [3.8, 4) is 11.6 Å². The van der Waals surface area contributed by atoms with Gasteiger partial charge in [-0.15, -0.1) is 0 Å². The van der Waals surface area contributed by atoms with Gasteiger partial charge in [-0.2, -0.15) is 4.98 Å². The Labute approximate surface area is 124 Å². The van der Waals surface area contributed by atoms with E-state index in [1.165, 1.54) is 12.1 Å². The second-order valence-corrected chi connectivity index (χ2v) is 6.66. The molecule has 6 nitrogen and oxygen atoms in total. The van der Waals surface area contributed by atoms with E-state index in [1.807, 2.05) is 6.92 Å². The molecule has 0 amide bonds. The van der Waals surface area contributed by atoms with Gasteiger partial charge in [-0.1, -0.05) is 6.07 Å². The van der Waals surface area contributed by atoms with Crippen molar-refractivity contribution in [1.29, 1.82) is 0 Å². The van der Waals surface area contributed by atoms with Gasteiger partial charge in [0.2, 0.25) is 5.88 Å². The Morgan fingerprint density at radius 3 is 2.52 bits per heavy atom. The number of aryl methyl sites for hydroxylation is 1. The Bertz CT molecular complexity index is 773. The van der Waals surface area contributed by atoms with Crippen LogP contribution in [0.5, 0.6) is 11.6 Å². The maximum absolute atomic E-state index is 11.6. The molecule has 0 bridgehead atoms. The van der Waals surface area contributed by atoms with Crippen molar-refractivity contribution < 1.29 is 13.2 Å². The Hall–Kier alpha value is -2.15. The predicted molar refractivity (Wildman–Crippen MR) is 80.7 cm³/mol. The number of hydrogen-bond acceptors (Lipinski definition) is 6. The monoisotopic (exact) mass is 307 g/mol. The Morgan fingerprint density at radius 2 is 1.90 bits per heavy atom. The van der Waals surface area contributed by atoms with Crippen LogP contribution in [0, 0.1) is 13.8 Å². The molecular formula is C14H17N3O3S. The highest BCUT2D eigenvalue weighted by Gasteiger charge is 2.12. The molecule has 0 saturated carbocycles. The summed E-state index contributed by atoms with van der Waals surface area (Å²) in [5.41, 5.74) is 0.757. The van der Waals surface area contributed by atoms with Crippen molar-refractivity contribution in [3.63, 3.8) is 0 Å².